The topological polar surface area (TPSA) is 58.2 Å². The van der Waals surface area contributed by atoms with Crippen molar-refractivity contribution < 1.29 is 17.2 Å². The molecule has 0 aliphatic heterocycles. The van der Waals surface area contributed by atoms with Crippen LogP contribution in [0.5, 0.6) is 0 Å². The van der Waals surface area contributed by atoms with E-state index in [1.165, 1.54) is 12.1 Å². The first-order valence-corrected chi connectivity index (χ1v) is 7.46. The van der Waals surface area contributed by atoms with Crippen LogP contribution in [0, 0.1) is 0 Å². The number of sulfonamides is 1. The van der Waals surface area contributed by atoms with Gasteiger partial charge >= 0.3 is 0 Å². The van der Waals surface area contributed by atoms with Crippen molar-refractivity contribution in [3.63, 3.8) is 0 Å². The van der Waals surface area contributed by atoms with Gasteiger partial charge in [-0.1, -0.05) is 19.1 Å². The smallest absolute Gasteiger partial charge is 0.251 e. The zero-order valence-corrected chi connectivity index (χ0v) is 11.7. The molecule has 2 N–H and O–H groups in total. The summed E-state index contributed by atoms with van der Waals surface area (Å²) in [5, 5.41) is 3.16. The van der Waals surface area contributed by atoms with Crippen molar-refractivity contribution in [1.29, 1.82) is 0 Å². The molecule has 1 aromatic rings. The van der Waals surface area contributed by atoms with E-state index < -0.39 is 23.0 Å². The Bertz CT molecular complexity index is 506. The van der Waals surface area contributed by atoms with Crippen molar-refractivity contribution in [2.45, 2.75) is 31.2 Å². The maximum absolute atomic E-state index is 12.1. The van der Waals surface area contributed by atoms with E-state index in [4.69, 9.17) is 0 Å². The normalized spacial score (nSPS) is 13.7. The summed E-state index contributed by atoms with van der Waals surface area (Å²) in [6.07, 6.45) is -2.71. The zero-order chi connectivity index (χ0) is 14.5. The minimum atomic E-state index is -3.88. The Morgan fingerprint density at radius 3 is 2.58 bits per heavy atom. The third-order valence-electron chi connectivity index (χ3n) is 2.61. The molecule has 0 aromatic heterocycles. The molecule has 0 aliphatic carbocycles. The number of alkyl halides is 2. The Morgan fingerprint density at radius 1 is 1.32 bits per heavy atom. The molecule has 0 saturated heterocycles. The standard InChI is InChI=1S/C12H18F2N2O2S/c1-3-15-9(2)10-5-4-6-11(7-10)19(17,18)16-8-12(13)14/h4-7,9,12,15-16H,3,8H2,1-2H3. The maximum Gasteiger partial charge on any atom is 0.251 e. The van der Waals surface area contributed by atoms with Gasteiger partial charge in [0, 0.05) is 6.04 Å². The molecule has 1 unspecified atom stereocenters. The van der Waals surface area contributed by atoms with E-state index in [1.807, 2.05) is 18.6 Å². The van der Waals surface area contributed by atoms with Gasteiger partial charge in [0.15, 0.2) is 0 Å². The van der Waals surface area contributed by atoms with E-state index in [0.717, 1.165) is 12.1 Å². The highest BCUT2D eigenvalue weighted by molar-refractivity contribution is 7.89. The summed E-state index contributed by atoms with van der Waals surface area (Å²) in [6.45, 7) is 3.72. The molecule has 0 fully saturated rings. The van der Waals surface area contributed by atoms with Crippen LogP contribution in [0.2, 0.25) is 0 Å². The Morgan fingerprint density at radius 2 is 2.00 bits per heavy atom. The largest absolute Gasteiger partial charge is 0.310 e. The van der Waals surface area contributed by atoms with Crippen LogP contribution in [-0.4, -0.2) is 27.9 Å². The molecule has 0 radical (unpaired) electrons. The van der Waals surface area contributed by atoms with Crippen LogP contribution >= 0.6 is 0 Å². The van der Waals surface area contributed by atoms with Crippen LogP contribution in [0.25, 0.3) is 0 Å². The van der Waals surface area contributed by atoms with E-state index in [-0.39, 0.29) is 10.9 Å². The van der Waals surface area contributed by atoms with Gasteiger partial charge in [0.25, 0.3) is 6.43 Å². The van der Waals surface area contributed by atoms with Gasteiger partial charge in [-0.15, -0.1) is 0 Å². The van der Waals surface area contributed by atoms with E-state index in [0.29, 0.717) is 0 Å². The molecule has 108 valence electrons. The fourth-order valence-corrected chi connectivity index (χ4v) is 2.69. The number of halogens is 2. The van der Waals surface area contributed by atoms with Crippen LogP contribution in [0.4, 0.5) is 8.78 Å². The van der Waals surface area contributed by atoms with Crippen molar-refractivity contribution in [1.82, 2.24) is 10.0 Å². The number of hydrogen-bond acceptors (Lipinski definition) is 3. The molecule has 0 amide bonds. The van der Waals surface area contributed by atoms with E-state index in [1.54, 1.807) is 12.1 Å². The third-order valence-corrected chi connectivity index (χ3v) is 4.03. The Kier molecular flexibility index (Phi) is 5.84. The first-order chi connectivity index (χ1) is 8.86. The van der Waals surface area contributed by atoms with Gasteiger partial charge in [0.1, 0.15) is 0 Å². The lowest BCUT2D eigenvalue weighted by Crippen LogP contribution is -2.28. The van der Waals surface area contributed by atoms with Gasteiger partial charge in [-0.25, -0.2) is 21.9 Å². The number of rotatable bonds is 7. The summed E-state index contributed by atoms with van der Waals surface area (Å²) in [4.78, 5) is -0.00426. The molecule has 1 atom stereocenters. The average molecular weight is 292 g/mol. The van der Waals surface area contributed by atoms with Gasteiger partial charge < -0.3 is 5.32 Å². The molecule has 1 rings (SSSR count). The van der Waals surface area contributed by atoms with E-state index in [2.05, 4.69) is 5.32 Å². The average Bonchev–Trinajstić information content (AvgIpc) is 2.37. The molecular formula is C12H18F2N2O2S. The van der Waals surface area contributed by atoms with Crippen LogP contribution < -0.4 is 10.0 Å². The molecule has 0 heterocycles. The monoisotopic (exact) mass is 292 g/mol. The van der Waals surface area contributed by atoms with Crippen LogP contribution in [-0.2, 0) is 10.0 Å². The van der Waals surface area contributed by atoms with Crippen molar-refractivity contribution in [3.05, 3.63) is 29.8 Å². The highest BCUT2D eigenvalue weighted by Gasteiger charge is 2.17. The lowest BCUT2D eigenvalue weighted by Gasteiger charge is -2.14. The molecule has 7 heteroatoms. The Labute approximate surface area is 112 Å². The second-order valence-corrected chi connectivity index (χ2v) is 5.86. The van der Waals surface area contributed by atoms with Gasteiger partial charge in [0.05, 0.1) is 11.4 Å². The number of hydrogen-bond donors (Lipinski definition) is 2. The van der Waals surface area contributed by atoms with Gasteiger partial charge in [-0.3, -0.25) is 0 Å². The molecule has 0 spiro atoms. The van der Waals surface area contributed by atoms with Gasteiger partial charge in [0.2, 0.25) is 10.0 Å². The highest BCUT2D eigenvalue weighted by atomic mass is 32.2. The van der Waals surface area contributed by atoms with Gasteiger partial charge in [-0.05, 0) is 31.2 Å². The molecule has 0 saturated carbocycles. The fourth-order valence-electron chi connectivity index (χ4n) is 1.63. The molecular weight excluding hydrogens is 274 g/mol. The quantitative estimate of drug-likeness (QED) is 0.807. The second-order valence-electron chi connectivity index (χ2n) is 4.09. The predicted octanol–water partition coefficient (Wildman–Crippen LogP) is 1.90. The summed E-state index contributed by atoms with van der Waals surface area (Å²) in [7, 11) is -3.88. The van der Waals surface area contributed by atoms with Crippen molar-refractivity contribution in [2.24, 2.45) is 0 Å². The summed E-state index contributed by atoms with van der Waals surface area (Å²) in [6, 6.07) is 6.26. The molecule has 0 aliphatic rings. The minimum absolute atomic E-state index is 0.00426. The molecule has 19 heavy (non-hydrogen) atoms. The van der Waals surface area contributed by atoms with E-state index in [9.17, 15) is 17.2 Å². The number of nitrogens with one attached hydrogen (secondary N) is 2. The first kappa shape index (κ1) is 16.0. The second kappa shape index (κ2) is 6.93. The Hall–Kier alpha value is -1.05. The predicted molar refractivity (Wildman–Crippen MR) is 69.7 cm³/mol. The summed E-state index contributed by atoms with van der Waals surface area (Å²) in [5.74, 6) is 0. The fraction of sp³-hybridized carbons (Fsp3) is 0.500. The minimum Gasteiger partial charge on any atom is -0.310 e. The summed E-state index contributed by atoms with van der Waals surface area (Å²) < 4.78 is 49.6. The van der Waals surface area contributed by atoms with Crippen LogP contribution in [0.3, 0.4) is 0 Å². The van der Waals surface area contributed by atoms with Crippen molar-refractivity contribution in [3.8, 4) is 0 Å². The number of benzene rings is 1. The Balaban J connectivity index is 2.92. The van der Waals surface area contributed by atoms with Crippen molar-refractivity contribution in [2.75, 3.05) is 13.1 Å². The highest BCUT2D eigenvalue weighted by Crippen LogP contribution is 2.17. The van der Waals surface area contributed by atoms with Crippen LogP contribution in [0.15, 0.2) is 29.2 Å². The molecule has 0 bridgehead atoms. The maximum atomic E-state index is 12.1. The summed E-state index contributed by atoms with van der Waals surface area (Å²) >= 11 is 0. The van der Waals surface area contributed by atoms with Gasteiger partial charge in [-0.2, -0.15) is 0 Å². The third kappa shape index (κ3) is 4.85. The SMILES string of the molecule is CCNC(C)c1cccc(S(=O)(=O)NCC(F)F)c1. The molecule has 4 nitrogen and oxygen atoms in total. The lowest BCUT2D eigenvalue weighted by molar-refractivity contribution is 0.153. The summed E-state index contributed by atoms with van der Waals surface area (Å²) in [5.41, 5.74) is 0.793. The van der Waals surface area contributed by atoms with E-state index >= 15 is 0 Å². The lowest BCUT2D eigenvalue weighted by atomic mass is 10.1. The first-order valence-electron chi connectivity index (χ1n) is 5.98. The zero-order valence-electron chi connectivity index (χ0n) is 10.9. The van der Waals surface area contributed by atoms with Crippen molar-refractivity contribution >= 4 is 10.0 Å². The molecule has 1 aromatic carbocycles. The van der Waals surface area contributed by atoms with Crippen LogP contribution in [0.1, 0.15) is 25.5 Å².